The van der Waals surface area contributed by atoms with Gasteiger partial charge in [0.1, 0.15) is 17.7 Å². The summed E-state index contributed by atoms with van der Waals surface area (Å²) in [6.45, 7) is 5.58. The molecule has 1 heterocycles. The van der Waals surface area contributed by atoms with Crippen molar-refractivity contribution in [1.82, 2.24) is 25.7 Å². The second-order valence-electron chi connectivity index (χ2n) is 12.4. The van der Waals surface area contributed by atoms with Gasteiger partial charge in [-0.2, -0.15) is 4.98 Å². The Balaban J connectivity index is 1.41. The van der Waals surface area contributed by atoms with Crippen LogP contribution in [-0.4, -0.2) is 51.6 Å². The van der Waals surface area contributed by atoms with E-state index in [9.17, 15) is 14.4 Å². The van der Waals surface area contributed by atoms with Gasteiger partial charge in [0.2, 0.25) is 11.8 Å². The van der Waals surface area contributed by atoms with Crippen molar-refractivity contribution in [3.05, 3.63) is 132 Å². The molecule has 0 unspecified atom stereocenters. The van der Waals surface area contributed by atoms with Gasteiger partial charge < -0.3 is 24.8 Å². The smallest absolute Gasteiger partial charge is 0.408 e. The molecule has 0 fully saturated rings. The molecular weight excluding hydrogens is 594 g/mol. The third-order valence-electron chi connectivity index (χ3n) is 7.56. The van der Waals surface area contributed by atoms with Gasteiger partial charge in [0.05, 0.1) is 0 Å². The Labute approximate surface area is 274 Å². The monoisotopic (exact) mass is 633 g/mol. The number of benzene rings is 4. The molecule has 47 heavy (non-hydrogen) atoms. The van der Waals surface area contributed by atoms with Crippen LogP contribution in [0.25, 0.3) is 10.8 Å². The molecule has 0 aliphatic heterocycles. The fraction of sp³-hybridized carbons (Fsp3) is 0.270. The second-order valence-corrected chi connectivity index (χ2v) is 12.4. The Morgan fingerprint density at radius 1 is 0.809 bits per heavy atom. The number of carbonyl (C=O) groups excluding carboxylic acids is 3. The lowest BCUT2D eigenvalue weighted by molar-refractivity contribution is -0.135. The fourth-order valence-electron chi connectivity index (χ4n) is 5.20. The molecule has 1 aromatic heterocycles. The molecule has 0 aliphatic carbocycles. The van der Waals surface area contributed by atoms with Crippen molar-refractivity contribution in [3.8, 4) is 0 Å². The van der Waals surface area contributed by atoms with E-state index < -0.39 is 35.6 Å². The maximum Gasteiger partial charge on any atom is 0.408 e. The van der Waals surface area contributed by atoms with E-state index in [1.807, 2.05) is 103 Å². The highest BCUT2D eigenvalue weighted by molar-refractivity contribution is 5.90. The van der Waals surface area contributed by atoms with Crippen LogP contribution in [0.4, 0.5) is 4.79 Å². The number of rotatable bonds is 11. The lowest BCUT2D eigenvalue weighted by atomic mass is 9.99. The van der Waals surface area contributed by atoms with Crippen LogP contribution < -0.4 is 10.6 Å². The molecule has 10 heteroatoms. The number of nitrogens with zero attached hydrogens (tertiary/aromatic N) is 3. The molecule has 0 saturated carbocycles. The van der Waals surface area contributed by atoms with Crippen LogP contribution in [-0.2, 0) is 28.9 Å². The largest absolute Gasteiger partial charge is 0.444 e. The van der Waals surface area contributed by atoms with E-state index in [1.165, 1.54) is 4.90 Å². The van der Waals surface area contributed by atoms with Crippen molar-refractivity contribution in [1.29, 1.82) is 0 Å². The fourth-order valence-corrected chi connectivity index (χ4v) is 5.20. The van der Waals surface area contributed by atoms with Crippen LogP contribution in [0.2, 0.25) is 0 Å². The Hall–Kier alpha value is -5.51. The lowest BCUT2D eigenvalue weighted by Gasteiger charge is -2.30. The highest BCUT2D eigenvalue weighted by atomic mass is 16.6. The number of aromatic nitrogens is 2. The van der Waals surface area contributed by atoms with Crippen molar-refractivity contribution < 1.29 is 23.6 Å². The van der Waals surface area contributed by atoms with Gasteiger partial charge in [-0.15, -0.1) is 0 Å². The number of alkyl carbamates (subject to hydrolysis) is 1. The number of fused-ring (bicyclic) bond motifs is 1. The zero-order valence-electron chi connectivity index (χ0n) is 27.0. The summed E-state index contributed by atoms with van der Waals surface area (Å²) in [5.74, 6) is -0.944. The maximum absolute atomic E-state index is 14.3. The number of likely N-dealkylation sites (N-methyl/N-ethyl adjacent to an activating group) is 1. The summed E-state index contributed by atoms with van der Waals surface area (Å²) >= 11 is 0. The van der Waals surface area contributed by atoms with E-state index in [0.29, 0.717) is 13.0 Å². The van der Waals surface area contributed by atoms with Crippen LogP contribution >= 0.6 is 0 Å². The molecule has 0 spiro atoms. The van der Waals surface area contributed by atoms with E-state index in [-0.39, 0.29) is 18.1 Å². The summed E-state index contributed by atoms with van der Waals surface area (Å²) in [6, 6.07) is 31.2. The van der Waals surface area contributed by atoms with Crippen LogP contribution in [0, 0.1) is 0 Å². The molecule has 242 valence electrons. The maximum atomic E-state index is 14.3. The van der Waals surface area contributed by atoms with Crippen LogP contribution in [0.15, 0.2) is 108 Å². The van der Waals surface area contributed by atoms with Crippen molar-refractivity contribution in [2.75, 3.05) is 7.05 Å². The van der Waals surface area contributed by atoms with E-state index in [0.717, 1.165) is 27.5 Å². The number of carbonyl (C=O) groups is 3. The standard InChI is InChI=1S/C37H39N5O5/c1-37(2,3)46-36(45)39-30(22-27-19-20-28-17-11-12-18-29(28)21-27)35(44)42(4)31(23-25-13-7-5-8-14-25)34-40-32(41-47-34)33(43)38-24-26-15-9-6-10-16-26/h5-21,30-31H,22-24H2,1-4H3,(H,38,43)(H,39,45)/t30-,31-/m1/s1. The molecule has 4 aromatic carbocycles. The van der Waals surface area contributed by atoms with E-state index in [4.69, 9.17) is 9.26 Å². The molecule has 2 atom stereocenters. The first-order chi connectivity index (χ1) is 22.6. The Kier molecular flexibility index (Phi) is 10.3. The molecule has 5 aromatic rings. The summed E-state index contributed by atoms with van der Waals surface area (Å²) in [6.07, 6.45) is -0.173. The number of ether oxygens (including phenoxy) is 1. The van der Waals surface area contributed by atoms with E-state index >= 15 is 0 Å². The molecular formula is C37H39N5O5. The Bertz CT molecular complexity index is 1820. The van der Waals surface area contributed by atoms with Gasteiger partial charge >= 0.3 is 6.09 Å². The van der Waals surface area contributed by atoms with Crippen LogP contribution in [0.1, 0.15) is 60.0 Å². The molecule has 5 rings (SSSR count). The average Bonchev–Trinajstić information content (AvgIpc) is 3.55. The zero-order valence-corrected chi connectivity index (χ0v) is 27.0. The van der Waals surface area contributed by atoms with Crippen molar-refractivity contribution in [3.63, 3.8) is 0 Å². The Morgan fingerprint density at radius 2 is 1.45 bits per heavy atom. The average molecular weight is 634 g/mol. The summed E-state index contributed by atoms with van der Waals surface area (Å²) in [5, 5.41) is 11.6. The van der Waals surface area contributed by atoms with Gasteiger partial charge in [-0.05, 0) is 48.2 Å². The predicted octanol–water partition coefficient (Wildman–Crippen LogP) is 6.03. The highest BCUT2D eigenvalue weighted by Gasteiger charge is 2.34. The second kappa shape index (κ2) is 14.7. The number of hydrogen-bond acceptors (Lipinski definition) is 7. The van der Waals surface area contributed by atoms with Crippen molar-refractivity contribution >= 4 is 28.7 Å². The van der Waals surface area contributed by atoms with E-state index in [1.54, 1.807) is 27.8 Å². The third kappa shape index (κ3) is 9.03. The first-order valence-electron chi connectivity index (χ1n) is 15.5. The molecule has 0 saturated heterocycles. The minimum absolute atomic E-state index is 0.0938. The first-order valence-corrected chi connectivity index (χ1v) is 15.5. The topological polar surface area (TPSA) is 127 Å². The Morgan fingerprint density at radius 3 is 2.13 bits per heavy atom. The summed E-state index contributed by atoms with van der Waals surface area (Å²) < 4.78 is 11.1. The number of hydrogen-bond donors (Lipinski definition) is 2. The normalized spacial score (nSPS) is 12.6. The third-order valence-corrected chi connectivity index (χ3v) is 7.56. The molecule has 2 N–H and O–H groups in total. The number of amides is 3. The summed E-state index contributed by atoms with van der Waals surface area (Å²) in [4.78, 5) is 46.1. The van der Waals surface area contributed by atoms with Gasteiger partial charge in [0, 0.05) is 26.4 Å². The van der Waals surface area contributed by atoms with Crippen molar-refractivity contribution in [2.24, 2.45) is 0 Å². The van der Waals surface area contributed by atoms with E-state index in [2.05, 4.69) is 20.8 Å². The van der Waals surface area contributed by atoms with Crippen LogP contribution in [0.5, 0.6) is 0 Å². The molecule has 0 radical (unpaired) electrons. The van der Waals surface area contributed by atoms with Gasteiger partial charge in [-0.3, -0.25) is 9.59 Å². The van der Waals surface area contributed by atoms with Crippen molar-refractivity contribution in [2.45, 2.75) is 57.8 Å². The quantitative estimate of drug-likeness (QED) is 0.182. The molecule has 3 amide bonds. The minimum Gasteiger partial charge on any atom is -0.444 e. The first kappa shape index (κ1) is 32.9. The van der Waals surface area contributed by atoms with Gasteiger partial charge in [-0.25, -0.2) is 4.79 Å². The highest BCUT2D eigenvalue weighted by Crippen LogP contribution is 2.25. The van der Waals surface area contributed by atoms with Gasteiger partial charge in [-0.1, -0.05) is 108 Å². The summed E-state index contributed by atoms with van der Waals surface area (Å²) in [7, 11) is 1.62. The zero-order chi connectivity index (χ0) is 33.4. The SMILES string of the molecule is CN(C(=O)[C@@H](Cc1ccc2ccccc2c1)NC(=O)OC(C)(C)C)[C@H](Cc1ccccc1)c1nc(C(=O)NCc2ccccc2)no1. The molecule has 0 aliphatic rings. The van der Waals surface area contributed by atoms with Gasteiger partial charge in [0.25, 0.3) is 11.7 Å². The summed E-state index contributed by atoms with van der Waals surface area (Å²) in [5.41, 5.74) is 1.94. The molecule has 10 nitrogen and oxygen atoms in total. The van der Waals surface area contributed by atoms with Crippen LogP contribution in [0.3, 0.4) is 0 Å². The minimum atomic E-state index is -0.981. The van der Waals surface area contributed by atoms with Gasteiger partial charge in [0.15, 0.2) is 0 Å². The predicted molar refractivity (Wildman–Crippen MR) is 178 cm³/mol. The number of nitrogens with one attached hydrogen (secondary N) is 2. The lowest BCUT2D eigenvalue weighted by Crippen LogP contribution is -2.50. The molecule has 0 bridgehead atoms.